The van der Waals surface area contributed by atoms with Crippen molar-refractivity contribution in [1.82, 2.24) is 0 Å². The van der Waals surface area contributed by atoms with Gasteiger partial charge < -0.3 is 0 Å². The smallest absolute Gasteiger partial charge is 0.141 e. The van der Waals surface area contributed by atoms with Gasteiger partial charge in [0, 0.05) is 11.3 Å². The summed E-state index contributed by atoms with van der Waals surface area (Å²) in [6, 6.07) is 0. The molecular weight excluding hydrogens is 232 g/mol. The second-order valence-electron chi connectivity index (χ2n) is 8.96. The Hall–Kier alpha value is -0.330. The number of hydrogen-bond donors (Lipinski definition) is 0. The Labute approximate surface area is 118 Å². The van der Waals surface area contributed by atoms with E-state index in [1.165, 1.54) is 38.5 Å². The van der Waals surface area contributed by atoms with Gasteiger partial charge in [-0.15, -0.1) is 0 Å². The molecule has 0 spiro atoms. The lowest BCUT2D eigenvalue weighted by Crippen LogP contribution is -2.58. The predicted molar refractivity (Wildman–Crippen MR) is 78.9 cm³/mol. The van der Waals surface area contributed by atoms with Gasteiger partial charge in [-0.25, -0.2) is 0 Å². The van der Waals surface area contributed by atoms with Gasteiger partial charge in [-0.1, -0.05) is 34.1 Å². The molecule has 1 nitrogen and oxygen atoms in total. The van der Waals surface area contributed by atoms with Gasteiger partial charge in [-0.3, -0.25) is 4.79 Å². The van der Waals surface area contributed by atoms with Gasteiger partial charge in [0.2, 0.25) is 0 Å². The van der Waals surface area contributed by atoms with E-state index < -0.39 is 0 Å². The Bertz CT molecular complexity index is 378. The number of hydrogen-bond acceptors (Lipinski definition) is 1. The van der Waals surface area contributed by atoms with E-state index in [1.54, 1.807) is 0 Å². The summed E-state index contributed by atoms with van der Waals surface area (Å²) in [5.41, 5.74) is 1.00. The van der Waals surface area contributed by atoms with E-state index in [0.717, 1.165) is 18.8 Å². The van der Waals surface area contributed by atoms with Crippen LogP contribution in [0.4, 0.5) is 0 Å². The molecule has 1 heteroatoms. The van der Waals surface area contributed by atoms with Crippen LogP contribution < -0.4 is 0 Å². The van der Waals surface area contributed by atoms with E-state index >= 15 is 0 Å². The first-order valence-electron chi connectivity index (χ1n) is 8.34. The summed E-state index contributed by atoms with van der Waals surface area (Å²) in [7, 11) is 0. The molecule has 4 aliphatic carbocycles. The molecule has 0 aromatic heterocycles. The summed E-state index contributed by atoms with van der Waals surface area (Å²) in [6.45, 7) is 9.30. The molecule has 4 rings (SSSR count). The van der Waals surface area contributed by atoms with E-state index in [4.69, 9.17) is 0 Å². The first-order valence-corrected chi connectivity index (χ1v) is 8.34. The van der Waals surface area contributed by atoms with Gasteiger partial charge >= 0.3 is 0 Å². The van der Waals surface area contributed by atoms with Gasteiger partial charge in [0.05, 0.1) is 0 Å². The van der Waals surface area contributed by atoms with Gasteiger partial charge in [0.15, 0.2) is 0 Å². The molecule has 4 saturated carbocycles. The maximum Gasteiger partial charge on any atom is 0.141 e. The molecule has 0 amide bonds. The van der Waals surface area contributed by atoms with Crippen LogP contribution in [0.5, 0.6) is 0 Å². The molecule has 4 aliphatic rings. The Balaban J connectivity index is 1.90. The van der Waals surface area contributed by atoms with Gasteiger partial charge in [0.1, 0.15) is 5.78 Å². The van der Waals surface area contributed by atoms with Crippen LogP contribution in [0.15, 0.2) is 0 Å². The van der Waals surface area contributed by atoms with Crippen molar-refractivity contribution in [3.05, 3.63) is 0 Å². The molecule has 0 heterocycles. The van der Waals surface area contributed by atoms with Gasteiger partial charge in [-0.2, -0.15) is 0 Å². The molecule has 3 atom stereocenters. The largest absolute Gasteiger partial charge is 0.299 e. The zero-order valence-corrected chi connectivity index (χ0v) is 13.2. The summed E-state index contributed by atoms with van der Waals surface area (Å²) < 4.78 is 0. The van der Waals surface area contributed by atoms with Crippen molar-refractivity contribution in [1.29, 1.82) is 0 Å². The van der Waals surface area contributed by atoms with Gasteiger partial charge in [0.25, 0.3) is 0 Å². The SMILES string of the molecule is CCCC(C)C(=O)C12CC3CC(C)(CC(C)(C3)C1)C2. The maximum atomic E-state index is 13.1. The zero-order chi connectivity index (χ0) is 13.9. The molecule has 0 radical (unpaired) electrons. The molecule has 0 saturated heterocycles. The fraction of sp³-hybridized carbons (Fsp3) is 0.944. The summed E-state index contributed by atoms with van der Waals surface area (Å²) >= 11 is 0. The van der Waals surface area contributed by atoms with Crippen LogP contribution in [-0.4, -0.2) is 5.78 Å². The van der Waals surface area contributed by atoms with Crippen molar-refractivity contribution in [2.24, 2.45) is 28.1 Å². The third kappa shape index (κ3) is 2.08. The van der Waals surface area contributed by atoms with E-state index in [-0.39, 0.29) is 11.3 Å². The number of carbonyl (C=O) groups excluding carboxylic acids is 1. The van der Waals surface area contributed by atoms with Crippen LogP contribution in [0, 0.1) is 28.1 Å². The van der Waals surface area contributed by atoms with Crippen LogP contribution in [0.2, 0.25) is 0 Å². The zero-order valence-electron chi connectivity index (χ0n) is 13.2. The second-order valence-corrected chi connectivity index (χ2v) is 8.96. The van der Waals surface area contributed by atoms with Gasteiger partial charge in [-0.05, 0) is 61.7 Å². The highest BCUT2D eigenvalue weighted by molar-refractivity contribution is 5.87. The third-order valence-electron chi connectivity index (χ3n) is 6.32. The Morgan fingerprint density at radius 1 is 1.11 bits per heavy atom. The highest BCUT2D eigenvalue weighted by Crippen LogP contribution is 2.70. The first kappa shape index (κ1) is 13.6. The minimum Gasteiger partial charge on any atom is -0.299 e. The quantitative estimate of drug-likeness (QED) is 0.697. The van der Waals surface area contributed by atoms with Crippen LogP contribution in [0.25, 0.3) is 0 Å². The Morgan fingerprint density at radius 2 is 1.68 bits per heavy atom. The topological polar surface area (TPSA) is 17.1 Å². The van der Waals surface area contributed by atoms with Crippen LogP contribution in [-0.2, 0) is 4.79 Å². The minimum atomic E-state index is 0.0670. The molecule has 4 bridgehead atoms. The average molecular weight is 262 g/mol. The summed E-state index contributed by atoms with van der Waals surface area (Å²) in [5, 5.41) is 0. The molecule has 0 aromatic carbocycles. The molecule has 0 N–H and O–H groups in total. The molecule has 0 aromatic rings. The van der Waals surface area contributed by atoms with Crippen molar-refractivity contribution >= 4 is 5.78 Å². The number of ketones is 1. The highest BCUT2D eigenvalue weighted by Gasteiger charge is 2.62. The standard InChI is InChI=1S/C18H30O/c1-5-6-13(2)15(19)18-9-14-7-16(3,11-18)10-17(4,8-14)12-18/h13-14H,5-12H2,1-4H3. The fourth-order valence-corrected chi connectivity index (χ4v) is 6.81. The molecule has 0 aliphatic heterocycles. The highest BCUT2D eigenvalue weighted by atomic mass is 16.1. The summed E-state index contributed by atoms with van der Waals surface area (Å²) in [5.74, 6) is 1.74. The van der Waals surface area contributed by atoms with Crippen molar-refractivity contribution < 1.29 is 4.79 Å². The molecule has 4 fully saturated rings. The monoisotopic (exact) mass is 262 g/mol. The first-order chi connectivity index (χ1) is 8.80. The van der Waals surface area contributed by atoms with Crippen molar-refractivity contribution in [2.75, 3.05) is 0 Å². The Kier molecular flexibility index (Phi) is 2.93. The average Bonchev–Trinajstić information content (AvgIpc) is 2.23. The lowest BCUT2D eigenvalue weighted by molar-refractivity contribution is -0.171. The second kappa shape index (κ2) is 4.09. The summed E-state index contributed by atoms with van der Waals surface area (Å²) in [4.78, 5) is 13.1. The summed E-state index contributed by atoms with van der Waals surface area (Å²) in [6.07, 6.45) is 9.97. The van der Waals surface area contributed by atoms with Crippen LogP contribution in [0.1, 0.15) is 79.1 Å². The Morgan fingerprint density at radius 3 is 2.16 bits per heavy atom. The van der Waals surface area contributed by atoms with Crippen molar-refractivity contribution in [3.8, 4) is 0 Å². The minimum absolute atomic E-state index is 0.0670. The normalized spacial score (nSPS) is 49.4. The fourth-order valence-electron chi connectivity index (χ4n) is 6.81. The lowest BCUT2D eigenvalue weighted by Gasteiger charge is -2.65. The molecule has 3 unspecified atom stereocenters. The van der Waals surface area contributed by atoms with Crippen molar-refractivity contribution in [2.45, 2.75) is 79.1 Å². The number of carbonyl (C=O) groups is 1. The third-order valence-corrected chi connectivity index (χ3v) is 6.32. The number of rotatable bonds is 4. The molecular formula is C18H30O. The maximum absolute atomic E-state index is 13.1. The van der Waals surface area contributed by atoms with Crippen LogP contribution in [0.3, 0.4) is 0 Å². The number of Topliss-reactive ketones (excluding diaryl/α,β-unsaturated/α-hetero) is 1. The lowest BCUT2D eigenvalue weighted by atomic mass is 9.39. The van der Waals surface area contributed by atoms with E-state index in [0.29, 0.717) is 16.6 Å². The van der Waals surface area contributed by atoms with Crippen LogP contribution >= 0.6 is 0 Å². The van der Waals surface area contributed by atoms with Crippen molar-refractivity contribution in [3.63, 3.8) is 0 Å². The van der Waals surface area contributed by atoms with E-state index in [9.17, 15) is 4.79 Å². The molecule has 19 heavy (non-hydrogen) atoms. The van der Waals surface area contributed by atoms with E-state index in [2.05, 4.69) is 27.7 Å². The molecule has 108 valence electrons. The van der Waals surface area contributed by atoms with E-state index in [1.807, 2.05) is 0 Å². The predicted octanol–water partition coefficient (Wildman–Crippen LogP) is 4.99.